The van der Waals surface area contributed by atoms with Crippen LogP contribution in [0.5, 0.6) is 0 Å². The van der Waals surface area contributed by atoms with Crippen LogP contribution in [0.1, 0.15) is 13.8 Å². The molecule has 0 saturated carbocycles. The highest BCUT2D eigenvalue weighted by molar-refractivity contribution is 6.08. The molecule has 1 aromatic carbocycles. The molecule has 9 nitrogen and oxygen atoms in total. The average Bonchev–Trinajstić information content (AvgIpc) is 3.15. The summed E-state index contributed by atoms with van der Waals surface area (Å²) in [4.78, 5) is 38.6. The number of β-amino-alcohol motifs (C(OH)–C–C–N with tert-alkyl or cyclic N) is 1. The van der Waals surface area contributed by atoms with Gasteiger partial charge in [-0.25, -0.2) is 9.59 Å². The Balaban J connectivity index is 2.03. The fourth-order valence-electron chi connectivity index (χ4n) is 3.50. The molecule has 0 unspecified atom stereocenters. The van der Waals surface area contributed by atoms with Gasteiger partial charge in [-0.15, -0.1) is 0 Å². The van der Waals surface area contributed by atoms with Gasteiger partial charge < -0.3 is 20.1 Å². The topological polar surface area (TPSA) is 106 Å². The zero-order chi connectivity index (χ0) is 20.4. The lowest BCUT2D eigenvalue weighted by atomic mass is 10.2. The van der Waals surface area contributed by atoms with Crippen molar-refractivity contribution in [2.45, 2.75) is 26.9 Å². The minimum Gasteiger partial charge on any atom is -0.466 e. The number of methoxy groups -OCH3 is 1. The first kappa shape index (κ1) is 19.7. The van der Waals surface area contributed by atoms with Gasteiger partial charge in [0.05, 0.1) is 36.9 Å². The maximum atomic E-state index is 12.6. The predicted octanol–water partition coefficient (Wildman–Crippen LogP) is 0.516. The second-order valence-electron chi connectivity index (χ2n) is 6.40. The SMILES string of the molecule is CCn1c(=O)n(CC)c2cc(NC3=C(C(=O)OC)CN(CCO)C3=O)ccc21. The Kier molecular flexibility index (Phi) is 5.55. The summed E-state index contributed by atoms with van der Waals surface area (Å²) in [5.74, 6) is -0.978. The fourth-order valence-corrected chi connectivity index (χ4v) is 3.50. The number of ether oxygens (including phenoxy) is 1. The van der Waals surface area contributed by atoms with Gasteiger partial charge in [0.25, 0.3) is 5.91 Å². The summed E-state index contributed by atoms with van der Waals surface area (Å²) in [7, 11) is 1.26. The number of rotatable bonds is 7. The quantitative estimate of drug-likeness (QED) is 0.670. The highest BCUT2D eigenvalue weighted by Crippen LogP contribution is 2.25. The van der Waals surface area contributed by atoms with E-state index in [1.54, 1.807) is 21.3 Å². The number of nitrogens with zero attached hydrogens (tertiary/aromatic N) is 3. The van der Waals surface area contributed by atoms with E-state index in [-0.39, 0.29) is 42.6 Å². The van der Waals surface area contributed by atoms with Gasteiger partial charge in [0.15, 0.2) is 0 Å². The van der Waals surface area contributed by atoms with Gasteiger partial charge in [0, 0.05) is 25.3 Å². The van der Waals surface area contributed by atoms with E-state index in [1.807, 2.05) is 19.9 Å². The summed E-state index contributed by atoms with van der Waals surface area (Å²) in [5.41, 5.74) is 2.38. The Labute approximate surface area is 161 Å². The molecular formula is C19H24N4O5. The van der Waals surface area contributed by atoms with E-state index in [2.05, 4.69) is 5.32 Å². The minimum absolute atomic E-state index is 0.0719. The lowest BCUT2D eigenvalue weighted by Gasteiger charge is -2.15. The van der Waals surface area contributed by atoms with Gasteiger partial charge in [0.2, 0.25) is 0 Å². The monoisotopic (exact) mass is 388 g/mol. The number of aliphatic hydroxyl groups excluding tert-OH is 1. The predicted molar refractivity (Wildman–Crippen MR) is 104 cm³/mol. The molecule has 0 fully saturated rings. The number of benzene rings is 1. The summed E-state index contributed by atoms with van der Waals surface area (Å²) in [6.45, 7) is 4.87. The van der Waals surface area contributed by atoms with Crippen molar-refractivity contribution >= 4 is 28.6 Å². The Morgan fingerprint density at radius 1 is 1.18 bits per heavy atom. The van der Waals surface area contributed by atoms with Gasteiger partial charge in [-0.05, 0) is 32.0 Å². The molecule has 1 aromatic heterocycles. The number of aryl methyl sites for hydroxylation is 2. The number of aromatic nitrogens is 2. The summed E-state index contributed by atoms with van der Waals surface area (Å²) in [6, 6.07) is 5.37. The molecule has 1 amide bonds. The van der Waals surface area contributed by atoms with Crippen LogP contribution in [0.4, 0.5) is 5.69 Å². The molecular weight excluding hydrogens is 364 g/mol. The minimum atomic E-state index is -0.597. The third-order valence-electron chi connectivity index (χ3n) is 4.87. The molecule has 2 N–H and O–H groups in total. The van der Waals surface area contributed by atoms with E-state index >= 15 is 0 Å². The molecule has 2 heterocycles. The van der Waals surface area contributed by atoms with Crippen LogP contribution in [0.3, 0.4) is 0 Å². The number of imidazole rings is 1. The summed E-state index contributed by atoms with van der Waals surface area (Å²) in [6.07, 6.45) is 0. The van der Waals surface area contributed by atoms with E-state index in [0.29, 0.717) is 18.8 Å². The van der Waals surface area contributed by atoms with Gasteiger partial charge in [-0.2, -0.15) is 0 Å². The second kappa shape index (κ2) is 7.89. The zero-order valence-corrected chi connectivity index (χ0v) is 16.2. The normalized spacial score (nSPS) is 14.3. The number of carbonyl (C=O) groups is 2. The Morgan fingerprint density at radius 3 is 2.46 bits per heavy atom. The summed E-state index contributed by atoms with van der Waals surface area (Å²) >= 11 is 0. The molecule has 28 heavy (non-hydrogen) atoms. The summed E-state index contributed by atoms with van der Waals surface area (Å²) < 4.78 is 8.14. The average molecular weight is 388 g/mol. The Bertz CT molecular complexity index is 1020. The molecule has 150 valence electrons. The van der Waals surface area contributed by atoms with Gasteiger partial charge >= 0.3 is 11.7 Å². The van der Waals surface area contributed by atoms with Crippen molar-refractivity contribution in [3.05, 3.63) is 40.0 Å². The molecule has 9 heteroatoms. The van der Waals surface area contributed by atoms with Crippen LogP contribution < -0.4 is 11.0 Å². The number of anilines is 1. The van der Waals surface area contributed by atoms with Crippen LogP contribution in [-0.4, -0.2) is 57.8 Å². The van der Waals surface area contributed by atoms with Crippen LogP contribution in [0.15, 0.2) is 34.3 Å². The van der Waals surface area contributed by atoms with Gasteiger partial charge in [-0.3, -0.25) is 13.9 Å². The van der Waals surface area contributed by atoms with Crippen LogP contribution in [0, 0.1) is 0 Å². The smallest absolute Gasteiger partial charge is 0.337 e. The molecule has 0 spiro atoms. The molecule has 3 rings (SSSR count). The first-order valence-electron chi connectivity index (χ1n) is 9.18. The third-order valence-corrected chi connectivity index (χ3v) is 4.87. The first-order chi connectivity index (χ1) is 13.5. The number of fused-ring (bicyclic) bond motifs is 1. The van der Waals surface area contributed by atoms with E-state index in [0.717, 1.165) is 11.0 Å². The van der Waals surface area contributed by atoms with E-state index < -0.39 is 5.97 Å². The maximum Gasteiger partial charge on any atom is 0.337 e. The zero-order valence-electron chi connectivity index (χ0n) is 16.2. The third kappa shape index (κ3) is 3.18. The van der Waals surface area contributed by atoms with Crippen LogP contribution >= 0.6 is 0 Å². The van der Waals surface area contributed by atoms with Crippen molar-refractivity contribution in [2.75, 3.05) is 32.1 Å². The van der Waals surface area contributed by atoms with Crippen LogP contribution in [0.2, 0.25) is 0 Å². The second-order valence-corrected chi connectivity index (χ2v) is 6.40. The number of amides is 1. The molecule has 0 radical (unpaired) electrons. The van der Waals surface area contributed by atoms with Crippen molar-refractivity contribution in [3.63, 3.8) is 0 Å². The Morgan fingerprint density at radius 2 is 1.86 bits per heavy atom. The lowest BCUT2D eigenvalue weighted by Crippen LogP contribution is -2.31. The van der Waals surface area contributed by atoms with Crippen LogP contribution in [0.25, 0.3) is 11.0 Å². The van der Waals surface area contributed by atoms with Crippen molar-refractivity contribution in [3.8, 4) is 0 Å². The molecule has 0 saturated heterocycles. The highest BCUT2D eigenvalue weighted by atomic mass is 16.5. The van der Waals surface area contributed by atoms with E-state index in [1.165, 1.54) is 12.0 Å². The van der Waals surface area contributed by atoms with Gasteiger partial charge in [-0.1, -0.05) is 0 Å². The molecule has 2 aromatic rings. The maximum absolute atomic E-state index is 12.6. The lowest BCUT2D eigenvalue weighted by molar-refractivity contribution is -0.136. The Hall–Kier alpha value is -3.07. The molecule has 0 atom stereocenters. The van der Waals surface area contributed by atoms with Crippen LogP contribution in [-0.2, 0) is 27.4 Å². The number of hydrogen-bond acceptors (Lipinski definition) is 6. The number of aliphatic hydroxyl groups is 1. The van der Waals surface area contributed by atoms with E-state index in [4.69, 9.17) is 9.84 Å². The highest BCUT2D eigenvalue weighted by Gasteiger charge is 2.34. The number of carbonyl (C=O) groups excluding carboxylic acids is 2. The number of esters is 1. The molecule has 0 bridgehead atoms. The van der Waals surface area contributed by atoms with E-state index in [9.17, 15) is 14.4 Å². The first-order valence-corrected chi connectivity index (χ1v) is 9.18. The van der Waals surface area contributed by atoms with Crippen molar-refractivity contribution < 1.29 is 19.4 Å². The largest absolute Gasteiger partial charge is 0.466 e. The molecule has 0 aliphatic carbocycles. The standard InChI is InChI=1S/C19H24N4O5/c1-4-22-14-7-6-12(10-15(14)23(5-2)19(22)27)20-16-13(18(26)28-3)11-21(8-9-24)17(16)25/h6-7,10,20,24H,4-5,8-9,11H2,1-3H3. The fraction of sp³-hybridized carbons (Fsp3) is 0.421. The van der Waals surface area contributed by atoms with Crippen molar-refractivity contribution in [1.82, 2.24) is 14.0 Å². The number of hydrogen-bond donors (Lipinski definition) is 2. The molecule has 1 aliphatic heterocycles. The molecule has 1 aliphatic rings. The van der Waals surface area contributed by atoms with Crippen molar-refractivity contribution in [2.24, 2.45) is 0 Å². The van der Waals surface area contributed by atoms with Gasteiger partial charge in [0.1, 0.15) is 5.70 Å². The summed E-state index contributed by atoms with van der Waals surface area (Å²) in [5, 5.41) is 12.2. The van der Waals surface area contributed by atoms with Crippen molar-refractivity contribution in [1.29, 1.82) is 0 Å². The number of nitrogens with one attached hydrogen (secondary N) is 1.